The van der Waals surface area contributed by atoms with Crippen LogP contribution >= 0.6 is 0 Å². The molecule has 1 aliphatic heterocycles. The summed E-state index contributed by atoms with van der Waals surface area (Å²) in [5.41, 5.74) is 5.07. The quantitative estimate of drug-likeness (QED) is 0.456. The summed E-state index contributed by atoms with van der Waals surface area (Å²) in [5, 5.41) is 4.80. The zero-order valence-electron chi connectivity index (χ0n) is 19.4. The van der Waals surface area contributed by atoms with Gasteiger partial charge in [-0.05, 0) is 41.5 Å². The van der Waals surface area contributed by atoms with E-state index in [1.165, 1.54) is 0 Å². The highest BCUT2D eigenvalue weighted by atomic mass is 19.1. The molecule has 33 heavy (non-hydrogen) atoms. The van der Waals surface area contributed by atoms with Crippen LogP contribution in [0.4, 0.5) is 10.1 Å². The topological polar surface area (TPSA) is 54.3 Å². The van der Waals surface area contributed by atoms with Gasteiger partial charge in [0, 0.05) is 55.5 Å². The molecule has 4 aromatic rings. The standard InChI is InChI=1S/C24H24B2FN5O/c1-30(2)21-11-14(15-6-4-8-20-17(15)12-31(3)29-20)10-19(27)18(21)13-32-23(33)16-7-5-9-28-22(16)24(32,25)26/h4-12H,13,25-26H2,1-3H3. The fourth-order valence-electron chi connectivity index (χ4n) is 4.77. The molecule has 0 fully saturated rings. The van der Waals surface area contributed by atoms with Crippen LogP contribution in [-0.2, 0) is 18.9 Å². The highest BCUT2D eigenvalue weighted by Gasteiger charge is 2.44. The minimum absolute atomic E-state index is 0.128. The predicted octanol–water partition coefficient (Wildman–Crippen LogP) is 1.87. The highest BCUT2D eigenvalue weighted by Crippen LogP contribution is 2.38. The van der Waals surface area contributed by atoms with Crippen molar-refractivity contribution in [3.05, 3.63) is 77.5 Å². The molecule has 3 heterocycles. The van der Waals surface area contributed by atoms with Gasteiger partial charge in [-0.1, -0.05) is 12.1 Å². The lowest BCUT2D eigenvalue weighted by molar-refractivity contribution is 0.0730. The summed E-state index contributed by atoms with van der Waals surface area (Å²) in [6.07, 6.45) is 3.64. The van der Waals surface area contributed by atoms with Crippen LogP contribution in [-0.4, -0.2) is 55.4 Å². The first-order valence-electron chi connectivity index (χ1n) is 10.9. The Hall–Kier alpha value is -3.61. The number of aryl methyl sites for hydroxylation is 1. The number of nitrogens with zero attached hydrogens (tertiary/aromatic N) is 5. The third kappa shape index (κ3) is 3.30. The molecule has 0 N–H and O–H groups in total. The number of anilines is 1. The number of carbonyl (C=O) groups is 1. The predicted molar refractivity (Wildman–Crippen MR) is 133 cm³/mol. The van der Waals surface area contributed by atoms with Crippen LogP contribution in [0, 0.1) is 5.82 Å². The number of hydrogen-bond acceptors (Lipinski definition) is 4. The number of rotatable bonds is 4. The molecule has 2 aromatic heterocycles. The van der Waals surface area contributed by atoms with E-state index in [0.29, 0.717) is 11.1 Å². The molecule has 0 bridgehead atoms. The van der Waals surface area contributed by atoms with Crippen LogP contribution in [0.2, 0.25) is 0 Å². The molecule has 0 saturated carbocycles. The van der Waals surface area contributed by atoms with Crippen molar-refractivity contribution >= 4 is 38.2 Å². The van der Waals surface area contributed by atoms with Crippen molar-refractivity contribution in [2.75, 3.05) is 19.0 Å². The Kier molecular flexibility index (Phi) is 4.81. The van der Waals surface area contributed by atoms with Crippen molar-refractivity contribution < 1.29 is 9.18 Å². The molecule has 1 aliphatic rings. The molecule has 2 aromatic carbocycles. The number of fused-ring (bicyclic) bond motifs is 2. The maximum absolute atomic E-state index is 15.7. The lowest BCUT2D eigenvalue weighted by Gasteiger charge is -2.33. The van der Waals surface area contributed by atoms with Crippen molar-refractivity contribution in [1.82, 2.24) is 19.7 Å². The fourth-order valence-corrected chi connectivity index (χ4v) is 4.77. The Labute approximate surface area is 193 Å². The van der Waals surface area contributed by atoms with E-state index in [-0.39, 0.29) is 18.3 Å². The van der Waals surface area contributed by atoms with Gasteiger partial charge in [0.25, 0.3) is 5.91 Å². The summed E-state index contributed by atoms with van der Waals surface area (Å²) in [4.78, 5) is 21.2. The van der Waals surface area contributed by atoms with Gasteiger partial charge in [-0.3, -0.25) is 14.5 Å². The Morgan fingerprint density at radius 3 is 2.61 bits per heavy atom. The van der Waals surface area contributed by atoms with Gasteiger partial charge in [0.2, 0.25) is 0 Å². The van der Waals surface area contributed by atoms with Crippen LogP contribution in [0.15, 0.2) is 54.9 Å². The molecule has 1 amide bonds. The van der Waals surface area contributed by atoms with Gasteiger partial charge in [0.15, 0.2) is 0 Å². The van der Waals surface area contributed by atoms with Gasteiger partial charge < -0.3 is 9.80 Å². The largest absolute Gasteiger partial charge is 0.377 e. The lowest BCUT2D eigenvalue weighted by Crippen LogP contribution is -2.45. The number of benzene rings is 2. The molecule has 0 spiro atoms. The van der Waals surface area contributed by atoms with Gasteiger partial charge in [-0.15, -0.1) is 0 Å². The second kappa shape index (κ2) is 7.47. The zero-order chi connectivity index (χ0) is 23.5. The van der Waals surface area contributed by atoms with E-state index < -0.39 is 5.34 Å². The lowest BCUT2D eigenvalue weighted by atomic mass is 9.59. The molecule has 6 nitrogen and oxygen atoms in total. The number of halogens is 1. The molecule has 0 atom stereocenters. The van der Waals surface area contributed by atoms with E-state index in [1.54, 1.807) is 34.0 Å². The van der Waals surface area contributed by atoms with Crippen molar-refractivity contribution in [2.45, 2.75) is 11.9 Å². The van der Waals surface area contributed by atoms with E-state index in [2.05, 4.69) is 10.1 Å². The van der Waals surface area contributed by atoms with E-state index in [0.717, 1.165) is 33.4 Å². The summed E-state index contributed by atoms with van der Waals surface area (Å²) in [6.45, 7) is 0.152. The highest BCUT2D eigenvalue weighted by molar-refractivity contribution is 6.42. The Morgan fingerprint density at radius 2 is 1.88 bits per heavy atom. The van der Waals surface area contributed by atoms with Crippen molar-refractivity contribution in [3.8, 4) is 11.1 Å². The maximum atomic E-state index is 15.7. The van der Waals surface area contributed by atoms with Crippen molar-refractivity contribution in [1.29, 1.82) is 0 Å². The summed E-state index contributed by atoms with van der Waals surface area (Å²) in [7, 11) is 9.56. The summed E-state index contributed by atoms with van der Waals surface area (Å²) in [6, 6.07) is 12.9. The number of aromatic nitrogens is 3. The van der Waals surface area contributed by atoms with Crippen LogP contribution < -0.4 is 4.90 Å². The molecule has 9 heteroatoms. The average molecular weight is 439 g/mol. The van der Waals surface area contributed by atoms with Crippen LogP contribution in [0.3, 0.4) is 0 Å². The summed E-state index contributed by atoms with van der Waals surface area (Å²) in [5.74, 6) is -0.471. The Balaban J connectivity index is 1.61. The zero-order valence-corrected chi connectivity index (χ0v) is 19.4. The Bertz CT molecular complexity index is 1420. The number of carbonyl (C=O) groups excluding carboxylic acids is 1. The number of pyridine rings is 1. The van der Waals surface area contributed by atoms with Crippen molar-refractivity contribution in [3.63, 3.8) is 0 Å². The molecule has 0 radical (unpaired) electrons. The van der Waals surface area contributed by atoms with Gasteiger partial charge in [0.1, 0.15) is 21.5 Å². The fraction of sp³-hybridized carbons (Fsp3) is 0.208. The second-order valence-corrected chi connectivity index (χ2v) is 9.24. The molecule has 0 unspecified atom stereocenters. The molecular formula is C24H24B2FN5O. The minimum atomic E-state index is -0.635. The number of hydrogen-bond donors (Lipinski definition) is 0. The van der Waals surface area contributed by atoms with E-state index >= 15 is 4.39 Å². The third-order valence-electron chi connectivity index (χ3n) is 6.48. The molecule has 164 valence electrons. The first-order valence-corrected chi connectivity index (χ1v) is 10.9. The molecule has 5 rings (SSSR count). The third-order valence-corrected chi connectivity index (χ3v) is 6.48. The summed E-state index contributed by atoms with van der Waals surface area (Å²) < 4.78 is 17.5. The van der Waals surface area contributed by atoms with Crippen LogP contribution in [0.5, 0.6) is 0 Å². The molecular weight excluding hydrogens is 415 g/mol. The van der Waals surface area contributed by atoms with Crippen LogP contribution in [0.25, 0.3) is 22.0 Å². The van der Waals surface area contributed by atoms with Gasteiger partial charge >= 0.3 is 0 Å². The normalized spacial score (nSPS) is 14.7. The summed E-state index contributed by atoms with van der Waals surface area (Å²) >= 11 is 0. The molecule has 0 aliphatic carbocycles. The van der Waals surface area contributed by atoms with Gasteiger partial charge in [-0.25, -0.2) is 4.39 Å². The van der Waals surface area contributed by atoms with E-state index in [4.69, 9.17) is 0 Å². The average Bonchev–Trinajstić information content (AvgIpc) is 3.24. The second-order valence-electron chi connectivity index (χ2n) is 9.24. The SMILES string of the molecule is BC1(B)c2ncccc2C(=O)N1Cc1c(F)cc(-c2cccc3nn(C)cc23)cc1N(C)C. The van der Waals surface area contributed by atoms with Crippen molar-refractivity contribution in [2.24, 2.45) is 7.05 Å². The van der Waals surface area contributed by atoms with E-state index in [1.807, 2.05) is 72.2 Å². The van der Waals surface area contributed by atoms with Gasteiger partial charge in [-0.2, -0.15) is 5.10 Å². The first-order chi connectivity index (χ1) is 15.7. The number of amides is 1. The first kappa shape index (κ1) is 21.2. The molecule has 0 saturated heterocycles. The maximum Gasteiger partial charge on any atom is 0.255 e. The van der Waals surface area contributed by atoms with E-state index in [9.17, 15) is 4.79 Å². The Morgan fingerprint density at radius 1 is 1.12 bits per heavy atom. The monoisotopic (exact) mass is 439 g/mol. The smallest absolute Gasteiger partial charge is 0.255 e. The van der Waals surface area contributed by atoms with Gasteiger partial charge in [0.05, 0.1) is 23.3 Å². The minimum Gasteiger partial charge on any atom is -0.377 e. The van der Waals surface area contributed by atoms with Crippen LogP contribution in [0.1, 0.15) is 21.6 Å².